The van der Waals surface area contributed by atoms with Crippen molar-refractivity contribution in [3.05, 3.63) is 64.2 Å². The quantitative estimate of drug-likeness (QED) is 0.376. The van der Waals surface area contributed by atoms with Crippen LogP contribution in [0.2, 0.25) is 0 Å². The first kappa shape index (κ1) is 26.7. The van der Waals surface area contributed by atoms with E-state index in [2.05, 4.69) is 15.5 Å². The fourth-order valence-electron chi connectivity index (χ4n) is 2.35. The van der Waals surface area contributed by atoms with Gasteiger partial charge in [0.15, 0.2) is 0 Å². The van der Waals surface area contributed by atoms with Crippen molar-refractivity contribution in [3.8, 4) is 10.6 Å². The van der Waals surface area contributed by atoms with Crippen LogP contribution in [0.4, 0.5) is 5.69 Å². The van der Waals surface area contributed by atoms with Gasteiger partial charge >= 0.3 is 103 Å². The van der Waals surface area contributed by atoms with Crippen LogP contribution in [0, 0.1) is 6.92 Å². The molecule has 11 heteroatoms. The van der Waals surface area contributed by atoms with E-state index >= 15 is 0 Å². The van der Waals surface area contributed by atoms with Crippen LogP contribution in [0.5, 0.6) is 0 Å². The van der Waals surface area contributed by atoms with Crippen LogP contribution >= 0.6 is 11.3 Å². The summed E-state index contributed by atoms with van der Waals surface area (Å²) in [4.78, 5) is 34.6. The molecule has 1 heterocycles. The van der Waals surface area contributed by atoms with Crippen molar-refractivity contribution < 1.29 is 127 Å². The van der Waals surface area contributed by atoms with E-state index in [0.29, 0.717) is 10.6 Å². The number of carboxylic acids is 2. The number of nitrogens with one attached hydrogen (secondary N) is 1. The first-order valence-electron chi connectivity index (χ1n) is 7.63. The second kappa shape index (κ2) is 11.9. The third-order valence-electron chi connectivity index (χ3n) is 3.56. The molecule has 1 amide bonds. The van der Waals surface area contributed by atoms with E-state index < -0.39 is 17.8 Å². The summed E-state index contributed by atoms with van der Waals surface area (Å²) in [6, 6.07) is 9.74. The normalized spacial score (nSPS) is 9.69. The monoisotopic (exact) mass is 459 g/mol. The Labute approximate surface area is 255 Å². The summed E-state index contributed by atoms with van der Waals surface area (Å²) in [6.07, 6.45) is 0. The fourth-order valence-corrected chi connectivity index (χ4v) is 3.03. The molecule has 1 aromatic heterocycles. The van der Waals surface area contributed by atoms with Crippen molar-refractivity contribution in [1.82, 2.24) is 10.2 Å². The van der Waals surface area contributed by atoms with Gasteiger partial charge in [-0.25, -0.2) is 0 Å². The van der Waals surface area contributed by atoms with Gasteiger partial charge in [-0.05, 0) is 48.4 Å². The summed E-state index contributed by atoms with van der Waals surface area (Å²) in [7, 11) is 0. The molecule has 3 rings (SSSR count). The second-order valence-corrected chi connectivity index (χ2v) is 6.72. The number of amides is 1. The van der Waals surface area contributed by atoms with Gasteiger partial charge in [0, 0.05) is 16.8 Å². The molecule has 1 N–H and O–H groups in total. The molecule has 0 spiro atoms. The zero-order valence-electron chi connectivity index (χ0n) is 15.9. The Balaban J connectivity index is 0.00000210. The Hall–Kier alpha value is -0.317. The first-order chi connectivity index (χ1) is 12.8. The number of aromatic nitrogens is 2. The molecule has 0 saturated carbocycles. The van der Waals surface area contributed by atoms with E-state index in [9.17, 15) is 24.6 Å². The summed E-state index contributed by atoms with van der Waals surface area (Å²) >= 11 is 1.38. The van der Waals surface area contributed by atoms with Gasteiger partial charge in [0.2, 0.25) is 0 Å². The Morgan fingerprint density at radius 3 is 2.03 bits per heavy atom. The molecule has 0 aliphatic carbocycles. The summed E-state index contributed by atoms with van der Waals surface area (Å²) in [5, 5.41) is 34.0. The summed E-state index contributed by atoms with van der Waals surface area (Å²) in [6.45, 7) is 1.82. The van der Waals surface area contributed by atoms with Crippen LogP contribution in [-0.2, 0) is 0 Å². The van der Waals surface area contributed by atoms with Crippen LogP contribution in [0.1, 0.15) is 36.1 Å². The zero-order valence-corrected chi connectivity index (χ0v) is 22.9. The maximum absolute atomic E-state index is 12.5. The maximum atomic E-state index is 12.5. The number of carbonyl (C=O) groups is 3. The Morgan fingerprint density at radius 1 is 0.897 bits per heavy atom. The average Bonchev–Trinajstić information content (AvgIpc) is 3.08. The third-order valence-corrected chi connectivity index (χ3v) is 4.45. The summed E-state index contributed by atoms with van der Waals surface area (Å²) in [5.41, 5.74) is 0.217. The predicted octanol–water partition coefficient (Wildman–Crippen LogP) is -5.50. The standard InChI is InChI=1S/C18H13N3O5S.2K/c1-9-20-21-16(27-9)11-4-2-3-10(5-11)15(22)19-14-7-12(17(23)24)6-13(8-14)18(25)26;;/h2-8H,1H3,(H,19,22)(H,23,24)(H,25,26);;/q;2*+1/p-2. The van der Waals surface area contributed by atoms with Gasteiger partial charge in [0.25, 0.3) is 5.91 Å². The molecule has 29 heavy (non-hydrogen) atoms. The summed E-state index contributed by atoms with van der Waals surface area (Å²) < 4.78 is 0. The van der Waals surface area contributed by atoms with Crippen LogP contribution in [-0.4, -0.2) is 28.0 Å². The predicted molar refractivity (Wildman–Crippen MR) is 93.1 cm³/mol. The number of carboxylic acid groups (broad SMARTS) is 2. The van der Waals surface area contributed by atoms with Crippen LogP contribution in [0.25, 0.3) is 10.6 Å². The minimum Gasteiger partial charge on any atom is -0.545 e. The summed E-state index contributed by atoms with van der Waals surface area (Å²) in [5.74, 6) is -3.68. The fraction of sp³-hybridized carbons (Fsp3) is 0.0556. The van der Waals surface area contributed by atoms with Crippen LogP contribution in [0.15, 0.2) is 42.5 Å². The molecule has 0 atom stereocenters. The Kier molecular flexibility index (Phi) is 11.0. The minimum absolute atomic E-state index is 0. The largest absolute Gasteiger partial charge is 1.00 e. The van der Waals surface area contributed by atoms with Crippen molar-refractivity contribution in [2.24, 2.45) is 0 Å². The van der Waals surface area contributed by atoms with Gasteiger partial charge in [-0.15, -0.1) is 10.2 Å². The van der Waals surface area contributed by atoms with E-state index in [4.69, 9.17) is 0 Å². The minimum atomic E-state index is -1.57. The van der Waals surface area contributed by atoms with E-state index in [-0.39, 0.29) is 125 Å². The molecule has 0 aliphatic rings. The molecular formula is C18H11K2N3O5S. The molecule has 0 aliphatic heterocycles. The number of rotatable bonds is 5. The number of aryl methyl sites for hydroxylation is 1. The topological polar surface area (TPSA) is 135 Å². The van der Waals surface area contributed by atoms with Crippen molar-refractivity contribution in [2.75, 3.05) is 5.32 Å². The van der Waals surface area contributed by atoms with Crippen molar-refractivity contribution in [1.29, 1.82) is 0 Å². The molecule has 0 bridgehead atoms. The number of carbonyl (C=O) groups excluding carboxylic acids is 3. The smallest absolute Gasteiger partial charge is 0.545 e. The van der Waals surface area contributed by atoms with Gasteiger partial charge in [0.05, 0.1) is 11.9 Å². The molecule has 0 saturated heterocycles. The second-order valence-electron chi connectivity index (χ2n) is 5.54. The molecule has 2 aromatic carbocycles. The van der Waals surface area contributed by atoms with E-state index in [1.165, 1.54) is 11.3 Å². The van der Waals surface area contributed by atoms with Crippen molar-refractivity contribution >= 4 is 34.9 Å². The Bertz CT molecular complexity index is 1040. The van der Waals surface area contributed by atoms with Crippen molar-refractivity contribution in [2.45, 2.75) is 6.92 Å². The van der Waals surface area contributed by atoms with E-state index in [1.807, 2.05) is 6.92 Å². The number of benzene rings is 2. The zero-order chi connectivity index (χ0) is 19.6. The van der Waals surface area contributed by atoms with E-state index in [0.717, 1.165) is 23.2 Å². The number of hydrogen-bond donors (Lipinski definition) is 1. The number of hydrogen-bond acceptors (Lipinski definition) is 8. The first-order valence-corrected chi connectivity index (χ1v) is 8.45. The van der Waals surface area contributed by atoms with Crippen molar-refractivity contribution in [3.63, 3.8) is 0 Å². The van der Waals surface area contributed by atoms with Crippen LogP contribution < -0.4 is 118 Å². The average molecular weight is 460 g/mol. The number of nitrogens with zero attached hydrogens (tertiary/aromatic N) is 2. The van der Waals surface area contributed by atoms with E-state index in [1.54, 1.807) is 24.3 Å². The SMILES string of the molecule is Cc1nnc(-c2cccc(C(=O)Nc3cc(C(=O)[O-])cc(C(=O)[O-])c3)c2)s1.[K+].[K+]. The third kappa shape index (κ3) is 7.11. The van der Waals surface area contributed by atoms with Gasteiger partial charge in [-0.3, -0.25) is 4.79 Å². The Morgan fingerprint density at radius 2 is 1.52 bits per heavy atom. The molecule has 0 fully saturated rings. The molecule has 0 radical (unpaired) electrons. The molecule has 3 aromatic rings. The maximum Gasteiger partial charge on any atom is 1.00 e. The van der Waals surface area contributed by atoms with Gasteiger partial charge in [-0.1, -0.05) is 23.5 Å². The molecule has 0 unspecified atom stereocenters. The van der Waals surface area contributed by atoms with Gasteiger partial charge in [0.1, 0.15) is 10.0 Å². The molecule has 8 nitrogen and oxygen atoms in total. The van der Waals surface area contributed by atoms with Gasteiger partial charge < -0.3 is 25.1 Å². The number of aromatic carboxylic acids is 2. The molecule has 136 valence electrons. The van der Waals surface area contributed by atoms with Gasteiger partial charge in [-0.2, -0.15) is 0 Å². The molecular weight excluding hydrogens is 448 g/mol. The van der Waals surface area contributed by atoms with Crippen LogP contribution in [0.3, 0.4) is 0 Å². The number of anilines is 1.